The van der Waals surface area contributed by atoms with E-state index in [9.17, 15) is 0 Å². The maximum Gasteiger partial charge on any atom is 0.208 e. The average Bonchev–Trinajstić information content (AvgIpc) is 3.29. The van der Waals surface area contributed by atoms with Crippen molar-refractivity contribution in [3.8, 4) is 0 Å². The molecule has 3 fully saturated rings. The van der Waals surface area contributed by atoms with Crippen LogP contribution in [0.2, 0.25) is 0 Å². The number of aryl methyl sites for hydroxylation is 2. The Bertz CT molecular complexity index is 658. The van der Waals surface area contributed by atoms with Crippen LogP contribution >= 0.6 is 0 Å². The molecule has 2 saturated heterocycles. The first-order valence-electron chi connectivity index (χ1n) is 11.8. The van der Waals surface area contributed by atoms with Gasteiger partial charge in [0.15, 0.2) is 5.96 Å². The van der Waals surface area contributed by atoms with Gasteiger partial charge in [0.1, 0.15) is 5.76 Å². The summed E-state index contributed by atoms with van der Waals surface area (Å²) in [6.07, 6.45) is 8.12. The summed E-state index contributed by atoms with van der Waals surface area (Å²) in [6.45, 7) is 13.6. The lowest BCUT2D eigenvalue weighted by Gasteiger charge is -2.30. The molecule has 1 N–H and O–H groups in total. The third-order valence-corrected chi connectivity index (χ3v) is 7.25. The SMILES string of the molecule is CCNC(=NCC1CCN(Cc2nc(C)c(C)o2)CC1)N1CC2CCCCC2C1. The van der Waals surface area contributed by atoms with Crippen LogP contribution in [-0.2, 0) is 6.54 Å². The van der Waals surface area contributed by atoms with Crippen molar-refractivity contribution in [1.29, 1.82) is 0 Å². The van der Waals surface area contributed by atoms with Crippen LogP contribution in [0.15, 0.2) is 9.41 Å². The van der Waals surface area contributed by atoms with Gasteiger partial charge < -0.3 is 14.6 Å². The Balaban J connectivity index is 1.26. The number of aromatic nitrogens is 1. The molecule has 2 unspecified atom stereocenters. The van der Waals surface area contributed by atoms with E-state index >= 15 is 0 Å². The van der Waals surface area contributed by atoms with Gasteiger partial charge in [0, 0.05) is 26.2 Å². The summed E-state index contributed by atoms with van der Waals surface area (Å²) in [7, 11) is 0. The molecule has 2 aliphatic heterocycles. The van der Waals surface area contributed by atoms with Crippen LogP contribution in [0.1, 0.15) is 62.8 Å². The Morgan fingerprint density at radius 3 is 2.38 bits per heavy atom. The number of nitrogens with one attached hydrogen (secondary N) is 1. The molecule has 4 rings (SSSR count). The van der Waals surface area contributed by atoms with Crippen LogP contribution in [0.25, 0.3) is 0 Å². The summed E-state index contributed by atoms with van der Waals surface area (Å²) in [5, 5.41) is 3.57. The maximum atomic E-state index is 5.76. The molecule has 0 spiro atoms. The lowest BCUT2D eigenvalue weighted by Crippen LogP contribution is -2.41. The highest BCUT2D eigenvalue weighted by atomic mass is 16.4. The summed E-state index contributed by atoms with van der Waals surface area (Å²) < 4.78 is 5.76. The zero-order valence-corrected chi connectivity index (χ0v) is 18.6. The number of fused-ring (bicyclic) bond motifs is 1. The molecule has 0 aromatic carbocycles. The molecule has 0 radical (unpaired) electrons. The quantitative estimate of drug-likeness (QED) is 0.604. The summed E-state index contributed by atoms with van der Waals surface area (Å²) in [4.78, 5) is 14.6. The highest BCUT2D eigenvalue weighted by Crippen LogP contribution is 2.36. The fraction of sp³-hybridized carbons (Fsp3) is 0.826. The highest BCUT2D eigenvalue weighted by molar-refractivity contribution is 5.80. The minimum atomic E-state index is 0.692. The molecule has 1 aliphatic carbocycles. The van der Waals surface area contributed by atoms with Crippen molar-refractivity contribution in [2.75, 3.05) is 39.3 Å². The van der Waals surface area contributed by atoms with Gasteiger partial charge >= 0.3 is 0 Å². The molecule has 1 aromatic rings. The van der Waals surface area contributed by atoms with E-state index in [1.165, 1.54) is 51.6 Å². The summed E-state index contributed by atoms with van der Waals surface area (Å²) in [5.41, 5.74) is 1.02. The Morgan fingerprint density at radius 2 is 1.79 bits per heavy atom. The van der Waals surface area contributed by atoms with Gasteiger partial charge in [-0.25, -0.2) is 4.98 Å². The van der Waals surface area contributed by atoms with E-state index in [-0.39, 0.29) is 0 Å². The van der Waals surface area contributed by atoms with Crippen molar-refractivity contribution >= 4 is 5.96 Å². The first-order chi connectivity index (χ1) is 14.1. The Kier molecular flexibility index (Phi) is 6.78. The summed E-state index contributed by atoms with van der Waals surface area (Å²) in [6, 6.07) is 0. The van der Waals surface area contributed by atoms with Crippen LogP contribution < -0.4 is 5.32 Å². The van der Waals surface area contributed by atoms with E-state index in [1.807, 2.05) is 13.8 Å². The number of hydrogen-bond acceptors (Lipinski definition) is 4. The number of aliphatic imine (C=N–C) groups is 1. The summed E-state index contributed by atoms with van der Waals surface area (Å²) in [5.74, 6) is 5.47. The van der Waals surface area contributed by atoms with Crippen molar-refractivity contribution < 1.29 is 4.42 Å². The second kappa shape index (κ2) is 9.50. The van der Waals surface area contributed by atoms with Gasteiger partial charge in [0.25, 0.3) is 0 Å². The van der Waals surface area contributed by atoms with Crippen LogP contribution in [-0.4, -0.2) is 60.0 Å². The minimum absolute atomic E-state index is 0.692. The molecule has 162 valence electrons. The standard InChI is InChI=1S/C23H39N5O/c1-4-24-23(28-14-20-7-5-6-8-21(20)15-28)25-13-19-9-11-27(12-10-19)16-22-26-17(2)18(3)29-22/h19-21H,4-16H2,1-3H3,(H,24,25). The molecular formula is C23H39N5O. The zero-order chi connectivity index (χ0) is 20.2. The van der Waals surface area contributed by atoms with Crippen molar-refractivity contribution in [3.05, 3.63) is 17.3 Å². The fourth-order valence-electron chi connectivity index (χ4n) is 5.35. The number of likely N-dealkylation sites (tertiary alicyclic amines) is 2. The van der Waals surface area contributed by atoms with Gasteiger partial charge in [-0.05, 0) is 77.3 Å². The van der Waals surface area contributed by atoms with Gasteiger partial charge in [-0.15, -0.1) is 0 Å². The number of hydrogen-bond donors (Lipinski definition) is 1. The molecule has 3 aliphatic rings. The number of oxazole rings is 1. The predicted octanol–water partition coefficient (Wildman–Crippen LogP) is 3.59. The normalized spacial score (nSPS) is 26.7. The lowest BCUT2D eigenvalue weighted by molar-refractivity contribution is 0.166. The molecule has 6 heteroatoms. The third kappa shape index (κ3) is 5.14. The summed E-state index contributed by atoms with van der Waals surface area (Å²) >= 11 is 0. The van der Waals surface area contributed by atoms with E-state index in [4.69, 9.17) is 9.41 Å². The fourth-order valence-corrected chi connectivity index (χ4v) is 5.35. The van der Waals surface area contributed by atoms with Crippen molar-refractivity contribution in [2.24, 2.45) is 22.7 Å². The van der Waals surface area contributed by atoms with Gasteiger partial charge in [0.2, 0.25) is 5.89 Å². The van der Waals surface area contributed by atoms with E-state index in [2.05, 4.69) is 27.0 Å². The Labute approximate surface area is 176 Å². The van der Waals surface area contributed by atoms with Crippen molar-refractivity contribution in [3.63, 3.8) is 0 Å². The number of guanidine groups is 1. The molecule has 1 aromatic heterocycles. The molecule has 2 atom stereocenters. The number of piperidine rings is 1. The van der Waals surface area contributed by atoms with Crippen LogP contribution in [0.4, 0.5) is 0 Å². The second-order valence-electron chi connectivity index (χ2n) is 9.37. The topological polar surface area (TPSA) is 56.9 Å². The lowest BCUT2D eigenvalue weighted by atomic mass is 9.82. The molecule has 3 heterocycles. The molecule has 6 nitrogen and oxygen atoms in total. The first kappa shape index (κ1) is 20.7. The van der Waals surface area contributed by atoms with Crippen LogP contribution in [0.3, 0.4) is 0 Å². The van der Waals surface area contributed by atoms with Crippen LogP contribution in [0, 0.1) is 31.6 Å². The largest absolute Gasteiger partial charge is 0.444 e. The van der Waals surface area contributed by atoms with Crippen molar-refractivity contribution in [1.82, 2.24) is 20.1 Å². The molecule has 0 bridgehead atoms. The minimum Gasteiger partial charge on any atom is -0.444 e. The number of nitrogens with zero attached hydrogens (tertiary/aromatic N) is 4. The van der Waals surface area contributed by atoms with E-state index < -0.39 is 0 Å². The van der Waals surface area contributed by atoms with E-state index in [1.54, 1.807) is 0 Å². The average molecular weight is 402 g/mol. The highest BCUT2D eigenvalue weighted by Gasteiger charge is 2.35. The second-order valence-corrected chi connectivity index (χ2v) is 9.37. The van der Waals surface area contributed by atoms with Gasteiger partial charge in [-0.2, -0.15) is 0 Å². The maximum absolute atomic E-state index is 5.76. The molecule has 29 heavy (non-hydrogen) atoms. The first-order valence-corrected chi connectivity index (χ1v) is 11.8. The monoisotopic (exact) mass is 401 g/mol. The predicted molar refractivity (Wildman–Crippen MR) is 117 cm³/mol. The zero-order valence-electron chi connectivity index (χ0n) is 18.6. The molecule has 1 saturated carbocycles. The van der Waals surface area contributed by atoms with Gasteiger partial charge in [0.05, 0.1) is 12.2 Å². The Hall–Kier alpha value is -1.56. The van der Waals surface area contributed by atoms with Gasteiger partial charge in [-0.3, -0.25) is 9.89 Å². The molecular weight excluding hydrogens is 362 g/mol. The third-order valence-electron chi connectivity index (χ3n) is 7.25. The van der Waals surface area contributed by atoms with E-state index in [0.717, 1.165) is 67.9 Å². The smallest absolute Gasteiger partial charge is 0.208 e. The molecule has 0 amide bonds. The Morgan fingerprint density at radius 1 is 1.10 bits per heavy atom. The van der Waals surface area contributed by atoms with Gasteiger partial charge in [-0.1, -0.05) is 12.8 Å². The van der Waals surface area contributed by atoms with E-state index in [0.29, 0.717) is 5.92 Å². The number of rotatable bonds is 5. The van der Waals surface area contributed by atoms with Crippen LogP contribution in [0.5, 0.6) is 0 Å². The van der Waals surface area contributed by atoms with Crippen molar-refractivity contribution in [2.45, 2.75) is 65.8 Å².